The lowest BCUT2D eigenvalue weighted by Gasteiger charge is -2.02. The van der Waals surface area contributed by atoms with Gasteiger partial charge in [-0.1, -0.05) is 65.8 Å². The fraction of sp³-hybridized carbons (Fsp3) is 0.0500. The molecule has 2 heterocycles. The van der Waals surface area contributed by atoms with Crippen LogP contribution in [-0.4, -0.2) is 15.1 Å². The molecule has 0 aliphatic rings. The summed E-state index contributed by atoms with van der Waals surface area (Å²) in [6.45, 7) is 0. The van der Waals surface area contributed by atoms with Crippen LogP contribution in [0, 0.1) is 0 Å². The molecule has 0 atom stereocenters. The Morgan fingerprint density at radius 1 is 0.750 bits per heavy atom. The third kappa shape index (κ3) is 3.08. The predicted octanol–water partition coefficient (Wildman–Crippen LogP) is 4.39. The third-order valence-electron chi connectivity index (χ3n) is 3.78. The van der Waals surface area contributed by atoms with Gasteiger partial charge in [0.15, 0.2) is 0 Å². The van der Waals surface area contributed by atoms with Crippen LogP contribution in [0.1, 0.15) is 11.5 Å². The van der Waals surface area contributed by atoms with E-state index in [1.54, 1.807) is 6.20 Å². The van der Waals surface area contributed by atoms with Crippen molar-refractivity contribution in [3.63, 3.8) is 0 Å². The summed E-state index contributed by atoms with van der Waals surface area (Å²) < 4.78 is 5.34. The van der Waals surface area contributed by atoms with Crippen molar-refractivity contribution in [1.29, 1.82) is 0 Å². The molecule has 4 heteroatoms. The quantitative estimate of drug-likeness (QED) is 0.561. The molecule has 0 spiro atoms. The average Bonchev–Trinajstić information content (AvgIpc) is 3.12. The first-order chi connectivity index (χ1) is 11.9. The maximum Gasteiger partial charge on any atom is 0.231 e. The minimum Gasteiger partial charge on any atom is -0.339 e. The lowest BCUT2D eigenvalue weighted by molar-refractivity contribution is 0.385. The van der Waals surface area contributed by atoms with Crippen molar-refractivity contribution in [3.8, 4) is 22.6 Å². The van der Waals surface area contributed by atoms with Gasteiger partial charge in [-0.3, -0.25) is 4.98 Å². The van der Waals surface area contributed by atoms with E-state index in [9.17, 15) is 0 Å². The fourth-order valence-electron chi connectivity index (χ4n) is 2.55. The van der Waals surface area contributed by atoms with Crippen LogP contribution in [0.4, 0.5) is 0 Å². The fourth-order valence-corrected chi connectivity index (χ4v) is 2.55. The van der Waals surface area contributed by atoms with Crippen molar-refractivity contribution in [2.75, 3.05) is 0 Å². The first-order valence-electron chi connectivity index (χ1n) is 7.77. The van der Waals surface area contributed by atoms with Crippen molar-refractivity contribution < 1.29 is 4.52 Å². The predicted molar refractivity (Wildman–Crippen MR) is 92.2 cm³/mol. The normalized spacial score (nSPS) is 10.7. The van der Waals surface area contributed by atoms with Crippen LogP contribution in [-0.2, 0) is 6.42 Å². The van der Waals surface area contributed by atoms with E-state index < -0.39 is 0 Å². The summed E-state index contributed by atoms with van der Waals surface area (Å²) in [5, 5.41) is 4.00. The molecule has 2 aromatic heterocycles. The van der Waals surface area contributed by atoms with Gasteiger partial charge < -0.3 is 4.52 Å². The van der Waals surface area contributed by atoms with Gasteiger partial charge in [-0.05, 0) is 28.8 Å². The van der Waals surface area contributed by atoms with Crippen molar-refractivity contribution >= 4 is 0 Å². The second kappa shape index (κ2) is 6.46. The SMILES string of the molecule is c1ccc(-c2ccc(Cc3nc(-c4ccccn4)no3)cc2)cc1. The molecule has 24 heavy (non-hydrogen) atoms. The van der Waals surface area contributed by atoms with E-state index in [0.29, 0.717) is 23.8 Å². The molecule has 0 unspecified atom stereocenters. The average molecular weight is 313 g/mol. The summed E-state index contributed by atoms with van der Waals surface area (Å²) >= 11 is 0. The molecule has 0 aliphatic heterocycles. The molecule has 2 aromatic carbocycles. The second-order valence-corrected chi connectivity index (χ2v) is 5.47. The maximum absolute atomic E-state index is 5.34. The van der Waals surface area contributed by atoms with Gasteiger partial charge in [0.2, 0.25) is 11.7 Å². The molecular weight excluding hydrogens is 298 g/mol. The number of nitrogens with zero attached hydrogens (tertiary/aromatic N) is 3. The summed E-state index contributed by atoms with van der Waals surface area (Å²) in [7, 11) is 0. The van der Waals surface area contributed by atoms with Crippen LogP contribution in [0.15, 0.2) is 83.5 Å². The number of hydrogen-bond donors (Lipinski definition) is 0. The summed E-state index contributed by atoms with van der Waals surface area (Å²) in [5.74, 6) is 1.11. The minimum absolute atomic E-state index is 0.520. The van der Waals surface area contributed by atoms with Crippen LogP contribution < -0.4 is 0 Å². The zero-order chi connectivity index (χ0) is 16.2. The van der Waals surface area contributed by atoms with E-state index in [-0.39, 0.29) is 0 Å². The Balaban J connectivity index is 1.51. The highest BCUT2D eigenvalue weighted by Gasteiger charge is 2.10. The molecule has 0 fully saturated rings. The van der Waals surface area contributed by atoms with E-state index in [2.05, 4.69) is 51.5 Å². The van der Waals surface area contributed by atoms with Crippen LogP contribution in [0.25, 0.3) is 22.6 Å². The van der Waals surface area contributed by atoms with Gasteiger partial charge in [-0.25, -0.2) is 0 Å². The van der Waals surface area contributed by atoms with Crippen molar-refractivity contribution in [2.24, 2.45) is 0 Å². The molecule has 0 saturated heterocycles. The van der Waals surface area contributed by atoms with Gasteiger partial charge in [0.1, 0.15) is 5.69 Å². The largest absolute Gasteiger partial charge is 0.339 e. The van der Waals surface area contributed by atoms with E-state index in [4.69, 9.17) is 4.52 Å². The molecule has 0 N–H and O–H groups in total. The van der Waals surface area contributed by atoms with Crippen LogP contribution in [0.2, 0.25) is 0 Å². The zero-order valence-corrected chi connectivity index (χ0v) is 13.0. The Morgan fingerprint density at radius 2 is 1.50 bits per heavy atom. The molecule has 0 bridgehead atoms. The van der Waals surface area contributed by atoms with Gasteiger partial charge in [0.25, 0.3) is 0 Å². The van der Waals surface area contributed by atoms with Gasteiger partial charge in [-0.2, -0.15) is 4.98 Å². The Morgan fingerprint density at radius 3 is 2.25 bits per heavy atom. The van der Waals surface area contributed by atoms with E-state index in [0.717, 1.165) is 5.56 Å². The van der Waals surface area contributed by atoms with E-state index in [1.807, 2.05) is 36.4 Å². The molecule has 4 aromatic rings. The van der Waals surface area contributed by atoms with Gasteiger partial charge in [0.05, 0.1) is 6.42 Å². The Bertz CT molecular complexity index is 916. The number of rotatable bonds is 4. The Hall–Kier alpha value is -3.27. The highest BCUT2D eigenvalue weighted by molar-refractivity contribution is 5.63. The number of aromatic nitrogens is 3. The molecule has 0 radical (unpaired) electrons. The molecule has 4 nitrogen and oxygen atoms in total. The summed E-state index contributed by atoms with van der Waals surface area (Å²) in [6, 6.07) is 24.3. The van der Waals surface area contributed by atoms with Crippen LogP contribution >= 0.6 is 0 Å². The molecule has 4 rings (SSSR count). The monoisotopic (exact) mass is 313 g/mol. The Labute approximate surface area is 139 Å². The summed E-state index contributed by atoms with van der Waals surface area (Å²) in [4.78, 5) is 8.65. The summed E-state index contributed by atoms with van der Waals surface area (Å²) in [5.41, 5.74) is 4.25. The number of hydrogen-bond acceptors (Lipinski definition) is 4. The number of pyridine rings is 1. The minimum atomic E-state index is 0.520. The smallest absolute Gasteiger partial charge is 0.231 e. The molecule has 0 saturated carbocycles. The lowest BCUT2D eigenvalue weighted by atomic mass is 10.0. The van der Waals surface area contributed by atoms with Gasteiger partial charge in [0, 0.05) is 6.20 Å². The first-order valence-corrected chi connectivity index (χ1v) is 7.77. The maximum atomic E-state index is 5.34. The number of benzene rings is 2. The highest BCUT2D eigenvalue weighted by atomic mass is 16.5. The molecular formula is C20H15N3O. The topological polar surface area (TPSA) is 51.8 Å². The molecule has 116 valence electrons. The summed E-state index contributed by atoms with van der Waals surface area (Å²) in [6.07, 6.45) is 2.32. The third-order valence-corrected chi connectivity index (χ3v) is 3.78. The Kier molecular flexibility index (Phi) is 3.86. The zero-order valence-electron chi connectivity index (χ0n) is 13.0. The standard InChI is InChI=1S/C20H15N3O/c1-2-6-16(7-3-1)17-11-9-15(10-12-17)14-19-22-20(23-24-19)18-8-4-5-13-21-18/h1-13H,14H2. The molecule has 0 aliphatic carbocycles. The van der Waals surface area contributed by atoms with Crippen molar-refractivity contribution in [2.45, 2.75) is 6.42 Å². The van der Waals surface area contributed by atoms with E-state index in [1.165, 1.54) is 11.1 Å². The van der Waals surface area contributed by atoms with Crippen molar-refractivity contribution in [3.05, 3.63) is 90.4 Å². The van der Waals surface area contributed by atoms with Crippen LogP contribution in [0.3, 0.4) is 0 Å². The van der Waals surface area contributed by atoms with Crippen molar-refractivity contribution in [1.82, 2.24) is 15.1 Å². The molecule has 0 amide bonds. The van der Waals surface area contributed by atoms with Gasteiger partial charge in [-0.15, -0.1) is 0 Å². The van der Waals surface area contributed by atoms with E-state index >= 15 is 0 Å². The highest BCUT2D eigenvalue weighted by Crippen LogP contribution is 2.20. The second-order valence-electron chi connectivity index (χ2n) is 5.47. The lowest BCUT2D eigenvalue weighted by Crippen LogP contribution is -1.89. The van der Waals surface area contributed by atoms with Crippen LogP contribution in [0.5, 0.6) is 0 Å². The first kappa shape index (κ1) is 14.3. The van der Waals surface area contributed by atoms with Gasteiger partial charge >= 0.3 is 0 Å².